The maximum absolute atomic E-state index is 13.8. The van der Waals surface area contributed by atoms with Gasteiger partial charge in [0.1, 0.15) is 12.6 Å². The first-order chi connectivity index (χ1) is 17.0. The van der Waals surface area contributed by atoms with Gasteiger partial charge < -0.3 is 10.2 Å². The van der Waals surface area contributed by atoms with Crippen LogP contribution in [0.4, 0.5) is 11.4 Å². The van der Waals surface area contributed by atoms with Crippen LogP contribution in [0.1, 0.15) is 45.2 Å². The molecular weight excluding hydrogens is 520 g/mol. The molecule has 1 N–H and O–H groups in total. The summed E-state index contributed by atoms with van der Waals surface area (Å²) in [5.74, 6) is -1.06. The fourth-order valence-corrected chi connectivity index (χ4v) is 4.85. The molecule has 37 heavy (non-hydrogen) atoms. The van der Waals surface area contributed by atoms with Crippen molar-refractivity contribution < 1.29 is 22.9 Å². The van der Waals surface area contributed by atoms with E-state index in [-0.39, 0.29) is 24.3 Å². The second kappa shape index (κ2) is 11.9. The van der Waals surface area contributed by atoms with Gasteiger partial charge in [0.25, 0.3) is 5.69 Å². The van der Waals surface area contributed by atoms with Crippen molar-refractivity contribution in [2.75, 3.05) is 17.1 Å². The predicted molar refractivity (Wildman–Crippen MR) is 144 cm³/mol. The van der Waals surface area contributed by atoms with E-state index in [1.165, 1.54) is 17.0 Å². The first-order valence-electron chi connectivity index (χ1n) is 11.6. The third-order valence-electron chi connectivity index (χ3n) is 5.53. The minimum atomic E-state index is -4.04. The number of hydrogen-bond acceptors (Lipinski definition) is 6. The zero-order chi connectivity index (χ0) is 28.1. The molecule has 1 atom stereocenters. The molecule has 0 fully saturated rings. The van der Waals surface area contributed by atoms with E-state index in [4.69, 9.17) is 11.6 Å². The lowest BCUT2D eigenvalue weighted by Gasteiger charge is -2.34. The van der Waals surface area contributed by atoms with Crippen LogP contribution in [0.25, 0.3) is 0 Å². The fourth-order valence-electron chi connectivity index (χ4n) is 3.76. The lowest BCUT2D eigenvalue weighted by atomic mass is 10.1. The van der Waals surface area contributed by atoms with E-state index in [0.29, 0.717) is 16.1 Å². The maximum atomic E-state index is 13.8. The molecule has 0 saturated carbocycles. The zero-order valence-corrected chi connectivity index (χ0v) is 23.4. The number of nitro groups is 1. The number of aryl methyl sites for hydroxylation is 1. The van der Waals surface area contributed by atoms with E-state index >= 15 is 0 Å². The first kappa shape index (κ1) is 30.0. The largest absolute Gasteiger partial charge is 0.350 e. The van der Waals surface area contributed by atoms with Gasteiger partial charge in [0.05, 0.1) is 16.9 Å². The number of anilines is 1. The highest BCUT2D eigenvalue weighted by Gasteiger charge is 2.34. The van der Waals surface area contributed by atoms with Gasteiger partial charge in [-0.05, 0) is 51.3 Å². The summed E-state index contributed by atoms with van der Waals surface area (Å²) in [7, 11) is -4.04. The molecule has 0 saturated heterocycles. The highest BCUT2D eigenvalue weighted by atomic mass is 35.5. The Morgan fingerprint density at radius 2 is 1.78 bits per heavy atom. The van der Waals surface area contributed by atoms with E-state index < -0.39 is 44.9 Å². The molecule has 0 spiro atoms. The monoisotopic (exact) mass is 552 g/mol. The smallest absolute Gasteiger partial charge is 0.271 e. The molecule has 2 aromatic carbocycles. The maximum Gasteiger partial charge on any atom is 0.271 e. The quantitative estimate of drug-likeness (QED) is 0.349. The Labute approximate surface area is 222 Å². The van der Waals surface area contributed by atoms with Gasteiger partial charge in [-0.2, -0.15) is 0 Å². The number of carbonyl (C=O) groups is 2. The second-order valence-electron chi connectivity index (χ2n) is 9.77. The summed E-state index contributed by atoms with van der Waals surface area (Å²) >= 11 is 6.34. The van der Waals surface area contributed by atoms with E-state index in [1.54, 1.807) is 38.1 Å². The average molecular weight is 553 g/mol. The number of sulfonamides is 1. The van der Waals surface area contributed by atoms with Crippen molar-refractivity contribution in [3.8, 4) is 0 Å². The molecular formula is C25H33ClN4O6S. The number of nitro benzene ring substituents is 1. The Morgan fingerprint density at radius 3 is 2.30 bits per heavy atom. The van der Waals surface area contributed by atoms with Gasteiger partial charge in [0, 0.05) is 29.2 Å². The Balaban J connectivity index is 2.56. The Kier molecular flexibility index (Phi) is 9.67. The van der Waals surface area contributed by atoms with Gasteiger partial charge in [-0.1, -0.05) is 42.8 Å². The topological polar surface area (TPSA) is 130 Å². The van der Waals surface area contributed by atoms with Crippen LogP contribution in [-0.2, 0) is 26.2 Å². The average Bonchev–Trinajstić information content (AvgIpc) is 2.77. The summed E-state index contributed by atoms with van der Waals surface area (Å²) < 4.78 is 26.4. The number of halogens is 1. The number of nitrogens with one attached hydrogen (secondary N) is 1. The molecule has 0 aliphatic carbocycles. The standard InChI is InChI=1S/C25H33ClN4O6S/c1-7-21(24(32)27-25(3,4)5)28(15-18-10-8-9-11-20(18)26)23(31)16-29(37(6,35)36)22-14-19(30(33)34)13-12-17(22)2/h8-14,21H,7,15-16H2,1-6H3,(H,27,32)/t21-/m0/s1. The second-order valence-corrected chi connectivity index (χ2v) is 12.1. The van der Waals surface area contributed by atoms with E-state index in [2.05, 4.69) is 5.32 Å². The molecule has 0 aliphatic rings. The Bertz CT molecular complexity index is 1280. The van der Waals surface area contributed by atoms with E-state index in [1.807, 2.05) is 20.8 Å². The minimum Gasteiger partial charge on any atom is -0.350 e. The van der Waals surface area contributed by atoms with E-state index in [0.717, 1.165) is 16.6 Å². The van der Waals surface area contributed by atoms with Gasteiger partial charge in [0.15, 0.2) is 0 Å². The number of rotatable bonds is 10. The van der Waals surface area contributed by atoms with Crippen molar-refractivity contribution in [3.63, 3.8) is 0 Å². The summed E-state index contributed by atoms with van der Waals surface area (Å²) in [5, 5.41) is 14.6. The summed E-state index contributed by atoms with van der Waals surface area (Å²) in [6.45, 7) is 8.08. The molecule has 2 aromatic rings. The third-order valence-corrected chi connectivity index (χ3v) is 7.03. The number of carbonyl (C=O) groups excluding carboxylic acids is 2. The summed E-state index contributed by atoms with van der Waals surface area (Å²) in [6.07, 6.45) is 1.17. The van der Waals surface area contributed by atoms with Crippen molar-refractivity contribution in [2.24, 2.45) is 0 Å². The van der Waals surface area contributed by atoms with Crippen LogP contribution in [0, 0.1) is 17.0 Å². The van der Waals surface area contributed by atoms with Gasteiger partial charge in [-0.15, -0.1) is 0 Å². The SMILES string of the molecule is CC[C@@H](C(=O)NC(C)(C)C)N(Cc1ccccc1Cl)C(=O)CN(c1cc([N+](=O)[O-])ccc1C)S(C)(=O)=O. The normalized spacial score (nSPS) is 12.5. The van der Waals surface area contributed by atoms with Crippen LogP contribution in [-0.4, -0.2) is 54.4 Å². The number of amides is 2. The number of non-ortho nitro benzene ring substituents is 1. The molecule has 0 unspecified atom stereocenters. The Hall–Kier alpha value is -3.18. The number of nitrogens with zero attached hydrogens (tertiary/aromatic N) is 3. The molecule has 0 heterocycles. The lowest BCUT2D eigenvalue weighted by Crippen LogP contribution is -2.55. The van der Waals surface area contributed by atoms with Crippen molar-refractivity contribution in [2.45, 2.75) is 59.2 Å². The van der Waals surface area contributed by atoms with Crippen LogP contribution in [0.15, 0.2) is 42.5 Å². The number of hydrogen-bond donors (Lipinski definition) is 1. The van der Waals surface area contributed by atoms with Gasteiger partial charge in [-0.25, -0.2) is 8.42 Å². The van der Waals surface area contributed by atoms with Crippen LogP contribution in [0.3, 0.4) is 0 Å². The minimum absolute atomic E-state index is 0.00920. The zero-order valence-electron chi connectivity index (χ0n) is 21.8. The molecule has 2 rings (SSSR count). The van der Waals surface area contributed by atoms with Gasteiger partial charge >= 0.3 is 0 Å². The molecule has 0 aromatic heterocycles. The molecule has 12 heteroatoms. The van der Waals surface area contributed by atoms with Crippen LogP contribution in [0.2, 0.25) is 5.02 Å². The van der Waals surface area contributed by atoms with Crippen LogP contribution >= 0.6 is 11.6 Å². The van der Waals surface area contributed by atoms with Crippen molar-refractivity contribution in [1.29, 1.82) is 0 Å². The highest BCUT2D eigenvalue weighted by molar-refractivity contribution is 7.92. The first-order valence-corrected chi connectivity index (χ1v) is 13.9. The van der Waals surface area contributed by atoms with E-state index in [9.17, 15) is 28.1 Å². The molecule has 10 nitrogen and oxygen atoms in total. The van der Waals surface area contributed by atoms with Crippen molar-refractivity contribution in [1.82, 2.24) is 10.2 Å². The van der Waals surface area contributed by atoms with Gasteiger partial charge in [0.2, 0.25) is 21.8 Å². The third kappa shape index (κ3) is 8.16. The summed E-state index contributed by atoms with van der Waals surface area (Å²) in [6, 6.07) is 9.73. The highest BCUT2D eigenvalue weighted by Crippen LogP contribution is 2.28. The summed E-state index contributed by atoms with van der Waals surface area (Å²) in [5.41, 5.74) is 0.138. The van der Waals surface area contributed by atoms with Crippen molar-refractivity contribution in [3.05, 3.63) is 68.7 Å². The molecule has 0 bridgehead atoms. The van der Waals surface area contributed by atoms with Crippen molar-refractivity contribution >= 4 is 44.8 Å². The molecule has 0 radical (unpaired) electrons. The van der Waals surface area contributed by atoms with Crippen LogP contribution < -0.4 is 9.62 Å². The fraction of sp³-hybridized carbons (Fsp3) is 0.440. The molecule has 202 valence electrons. The molecule has 2 amide bonds. The summed E-state index contributed by atoms with van der Waals surface area (Å²) in [4.78, 5) is 38.9. The Morgan fingerprint density at radius 1 is 1.16 bits per heavy atom. The number of benzene rings is 2. The van der Waals surface area contributed by atoms with Crippen LogP contribution in [0.5, 0.6) is 0 Å². The molecule has 0 aliphatic heterocycles. The van der Waals surface area contributed by atoms with Gasteiger partial charge in [-0.3, -0.25) is 24.0 Å². The predicted octanol–water partition coefficient (Wildman–Crippen LogP) is 4.04. The lowest BCUT2D eigenvalue weighted by molar-refractivity contribution is -0.384.